The van der Waals surface area contributed by atoms with Gasteiger partial charge in [0.1, 0.15) is 11.9 Å². The summed E-state index contributed by atoms with van der Waals surface area (Å²) in [6, 6.07) is 17.6. The highest BCUT2D eigenvalue weighted by molar-refractivity contribution is 5.74. The van der Waals surface area contributed by atoms with E-state index in [1.165, 1.54) is 0 Å². The van der Waals surface area contributed by atoms with Crippen molar-refractivity contribution in [3.63, 3.8) is 0 Å². The molecule has 1 saturated heterocycles. The number of nitrogens with zero attached hydrogens (tertiary/aromatic N) is 1. The minimum Gasteiger partial charge on any atom is -0.497 e. The van der Waals surface area contributed by atoms with E-state index in [0.717, 1.165) is 16.9 Å². The Bertz CT molecular complexity index is 658. The van der Waals surface area contributed by atoms with Crippen LogP contribution in [0.1, 0.15) is 17.2 Å². The molecular formula is C19H22N2O3. The number of nitrogens with one attached hydrogen (secondary N) is 1. The first kappa shape index (κ1) is 16.3. The van der Waals surface area contributed by atoms with Gasteiger partial charge in [0.25, 0.3) is 0 Å². The van der Waals surface area contributed by atoms with Crippen LogP contribution in [0, 0.1) is 0 Å². The van der Waals surface area contributed by atoms with E-state index in [2.05, 4.69) is 5.32 Å². The van der Waals surface area contributed by atoms with Crippen molar-refractivity contribution < 1.29 is 14.3 Å². The van der Waals surface area contributed by atoms with E-state index in [-0.39, 0.29) is 12.1 Å². The second-order valence-corrected chi connectivity index (χ2v) is 5.72. The highest BCUT2D eigenvalue weighted by Gasteiger charge is 2.25. The molecule has 0 aromatic heterocycles. The third kappa shape index (κ3) is 4.06. The molecule has 0 spiro atoms. The molecule has 5 heteroatoms. The Morgan fingerprint density at radius 2 is 1.96 bits per heavy atom. The Morgan fingerprint density at radius 3 is 2.67 bits per heavy atom. The van der Waals surface area contributed by atoms with Crippen LogP contribution in [-0.2, 0) is 11.3 Å². The molecule has 0 saturated carbocycles. The summed E-state index contributed by atoms with van der Waals surface area (Å²) in [7, 11) is 1.64. The van der Waals surface area contributed by atoms with Crippen LogP contribution in [0.3, 0.4) is 0 Å². The number of hydrogen-bond donors (Lipinski definition) is 1. The third-order valence-electron chi connectivity index (χ3n) is 4.13. The number of carbonyl (C=O) groups is 1. The van der Waals surface area contributed by atoms with E-state index in [1.54, 1.807) is 7.11 Å². The Morgan fingerprint density at radius 1 is 1.21 bits per heavy atom. The number of morpholine rings is 1. The smallest absolute Gasteiger partial charge is 0.317 e. The molecule has 5 nitrogen and oxygen atoms in total. The number of rotatable bonds is 4. The molecule has 2 aromatic carbocycles. The fourth-order valence-electron chi connectivity index (χ4n) is 2.74. The number of carbonyl (C=O) groups excluding carboxylic acids is 1. The van der Waals surface area contributed by atoms with Crippen molar-refractivity contribution in [3.8, 4) is 5.75 Å². The van der Waals surface area contributed by atoms with Crippen molar-refractivity contribution in [1.29, 1.82) is 0 Å². The molecule has 3 rings (SSSR count). The maximum absolute atomic E-state index is 12.4. The summed E-state index contributed by atoms with van der Waals surface area (Å²) in [6.45, 7) is 2.22. The van der Waals surface area contributed by atoms with Gasteiger partial charge in [-0.05, 0) is 23.3 Å². The molecule has 1 aliphatic heterocycles. The largest absolute Gasteiger partial charge is 0.497 e. The maximum Gasteiger partial charge on any atom is 0.317 e. The summed E-state index contributed by atoms with van der Waals surface area (Å²) >= 11 is 0. The number of hydrogen-bond acceptors (Lipinski definition) is 3. The number of urea groups is 1. The summed E-state index contributed by atoms with van der Waals surface area (Å²) in [4.78, 5) is 14.2. The monoisotopic (exact) mass is 326 g/mol. The molecule has 1 N–H and O–H groups in total. The summed E-state index contributed by atoms with van der Waals surface area (Å²) in [5.41, 5.74) is 2.14. The van der Waals surface area contributed by atoms with Crippen molar-refractivity contribution in [3.05, 3.63) is 65.7 Å². The zero-order chi connectivity index (χ0) is 16.8. The Hall–Kier alpha value is -2.53. The molecule has 1 atom stereocenters. The zero-order valence-electron chi connectivity index (χ0n) is 13.8. The fourth-order valence-corrected chi connectivity index (χ4v) is 2.74. The van der Waals surface area contributed by atoms with Gasteiger partial charge in [-0.25, -0.2) is 4.79 Å². The molecule has 2 aromatic rings. The van der Waals surface area contributed by atoms with Crippen LogP contribution in [0.5, 0.6) is 5.75 Å². The SMILES string of the molecule is COc1ccc(CNC(=O)N2CCOC(c3ccccc3)C2)cc1. The molecule has 126 valence electrons. The highest BCUT2D eigenvalue weighted by atomic mass is 16.5. The van der Waals surface area contributed by atoms with Gasteiger partial charge in [-0.2, -0.15) is 0 Å². The van der Waals surface area contributed by atoms with Gasteiger partial charge in [0.15, 0.2) is 0 Å². The topological polar surface area (TPSA) is 50.8 Å². The third-order valence-corrected chi connectivity index (χ3v) is 4.13. The standard InChI is InChI=1S/C19H22N2O3/c1-23-17-9-7-15(8-10-17)13-20-19(22)21-11-12-24-18(14-21)16-5-3-2-4-6-16/h2-10,18H,11-14H2,1H3,(H,20,22). The predicted molar refractivity (Wildman–Crippen MR) is 91.9 cm³/mol. The van der Waals surface area contributed by atoms with Gasteiger partial charge in [-0.15, -0.1) is 0 Å². The molecule has 1 unspecified atom stereocenters. The van der Waals surface area contributed by atoms with Crippen LogP contribution in [0.2, 0.25) is 0 Å². The number of methoxy groups -OCH3 is 1. The Balaban J connectivity index is 1.54. The summed E-state index contributed by atoms with van der Waals surface area (Å²) in [5.74, 6) is 0.809. The lowest BCUT2D eigenvalue weighted by Crippen LogP contribution is -2.46. The minimum atomic E-state index is -0.0633. The molecule has 0 radical (unpaired) electrons. The number of amides is 2. The molecular weight excluding hydrogens is 304 g/mol. The summed E-state index contributed by atoms with van der Waals surface area (Å²) in [6.07, 6.45) is -0.0633. The van der Waals surface area contributed by atoms with Crippen molar-refractivity contribution in [2.24, 2.45) is 0 Å². The van der Waals surface area contributed by atoms with E-state index in [0.29, 0.717) is 26.2 Å². The van der Waals surface area contributed by atoms with Crippen LogP contribution in [0.4, 0.5) is 4.79 Å². The van der Waals surface area contributed by atoms with Crippen LogP contribution in [0.15, 0.2) is 54.6 Å². The van der Waals surface area contributed by atoms with Crippen molar-refractivity contribution >= 4 is 6.03 Å². The van der Waals surface area contributed by atoms with Crippen molar-refractivity contribution in [1.82, 2.24) is 10.2 Å². The van der Waals surface area contributed by atoms with Gasteiger partial charge >= 0.3 is 6.03 Å². The molecule has 2 amide bonds. The van der Waals surface area contributed by atoms with Gasteiger partial charge in [-0.3, -0.25) is 0 Å². The maximum atomic E-state index is 12.4. The fraction of sp³-hybridized carbons (Fsp3) is 0.316. The second-order valence-electron chi connectivity index (χ2n) is 5.72. The summed E-state index contributed by atoms with van der Waals surface area (Å²) in [5, 5.41) is 2.97. The van der Waals surface area contributed by atoms with E-state index in [1.807, 2.05) is 59.5 Å². The molecule has 1 heterocycles. The average Bonchev–Trinajstić information content (AvgIpc) is 2.67. The molecule has 0 bridgehead atoms. The van der Waals surface area contributed by atoms with E-state index in [9.17, 15) is 4.79 Å². The summed E-state index contributed by atoms with van der Waals surface area (Å²) < 4.78 is 10.9. The first-order chi connectivity index (χ1) is 11.8. The zero-order valence-corrected chi connectivity index (χ0v) is 13.8. The van der Waals surface area contributed by atoms with Gasteiger partial charge in [-0.1, -0.05) is 42.5 Å². The van der Waals surface area contributed by atoms with Gasteiger partial charge in [0, 0.05) is 13.1 Å². The van der Waals surface area contributed by atoms with Crippen molar-refractivity contribution in [2.45, 2.75) is 12.6 Å². The lowest BCUT2D eigenvalue weighted by Gasteiger charge is -2.33. The molecule has 1 fully saturated rings. The number of ether oxygens (including phenoxy) is 2. The van der Waals surface area contributed by atoms with Crippen LogP contribution in [0.25, 0.3) is 0 Å². The molecule has 0 aliphatic carbocycles. The second kappa shape index (κ2) is 7.84. The lowest BCUT2D eigenvalue weighted by atomic mass is 10.1. The van der Waals surface area contributed by atoms with E-state index < -0.39 is 0 Å². The van der Waals surface area contributed by atoms with Crippen LogP contribution in [-0.4, -0.2) is 37.7 Å². The first-order valence-electron chi connectivity index (χ1n) is 8.08. The Labute approximate surface area is 142 Å². The number of benzene rings is 2. The van der Waals surface area contributed by atoms with E-state index in [4.69, 9.17) is 9.47 Å². The quantitative estimate of drug-likeness (QED) is 0.940. The molecule has 1 aliphatic rings. The minimum absolute atomic E-state index is 0.0601. The molecule has 24 heavy (non-hydrogen) atoms. The Kier molecular flexibility index (Phi) is 5.33. The van der Waals surface area contributed by atoms with Crippen LogP contribution < -0.4 is 10.1 Å². The lowest BCUT2D eigenvalue weighted by molar-refractivity contribution is -0.0154. The highest BCUT2D eigenvalue weighted by Crippen LogP contribution is 2.22. The van der Waals surface area contributed by atoms with Gasteiger partial charge in [0.05, 0.1) is 20.3 Å². The van der Waals surface area contributed by atoms with E-state index >= 15 is 0 Å². The van der Waals surface area contributed by atoms with Gasteiger partial charge < -0.3 is 19.7 Å². The first-order valence-corrected chi connectivity index (χ1v) is 8.08. The average molecular weight is 326 g/mol. The predicted octanol–water partition coefficient (Wildman–Crippen LogP) is 2.98. The van der Waals surface area contributed by atoms with Crippen LogP contribution >= 0.6 is 0 Å². The normalized spacial score (nSPS) is 17.4. The van der Waals surface area contributed by atoms with Crippen molar-refractivity contribution in [2.75, 3.05) is 26.8 Å². The van der Waals surface area contributed by atoms with Gasteiger partial charge in [0.2, 0.25) is 0 Å².